The van der Waals surface area contributed by atoms with Crippen LogP contribution < -0.4 is 5.32 Å². The van der Waals surface area contributed by atoms with Crippen molar-refractivity contribution in [2.45, 2.75) is 52.0 Å². The first-order valence-electron chi connectivity index (χ1n) is 7.54. The van der Waals surface area contributed by atoms with Gasteiger partial charge in [0.2, 0.25) is 0 Å². The molecule has 1 aliphatic carbocycles. The summed E-state index contributed by atoms with van der Waals surface area (Å²) in [7, 11) is 0. The molecule has 0 radical (unpaired) electrons. The Morgan fingerprint density at radius 1 is 1.22 bits per heavy atom. The third-order valence-electron chi connectivity index (χ3n) is 4.35. The van der Waals surface area contributed by atoms with Gasteiger partial charge in [-0.3, -0.25) is 0 Å². The van der Waals surface area contributed by atoms with E-state index in [9.17, 15) is 0 Å². The Bertz CT molecular complexity index is 333. The molecule has 0 amide bonds. The fourth-order valence-corrected chi connectivity index (χ4v) is 3.19. The molecule has 0 heterocycles. The number of nitrogens with one attached hydrogen (secondary N) is 1. The summed E-state index contributed by atoms with van der Waals surface area (Å²) < 4.78 is 0. The zero-order chi connectivity index (χ0) is 12.8. The molecule has 1 aromatic rings. The van der Waals surface area contributed by atoms with E-state index in [0.717, 1.165) is 18.4 Å². The van der Waals surface area contributed by atoms with Crippen LogP contribution in [0.5, 0.6) is 0 Å². The fourth-order valence-electron chi connectivity index (χ4n) is 3.19. The van der Waals surface area contributed by atoms with Crippen molar-refractivity contribution in [2.24, 2.45) is 11.8 Å². The van der Waals surface area contributed by atoms with E-state index >= 15 is 0 Å². The van der Waals surface area contributed by atoms with Crippen LogP contribution in [0.3, 0.4) is 0 Å². The van der Waals surface area contributed by atoms with Crippen molar-refractivity contribution in [1.82, 2.24) is 5.32 Å². The minimum absolute atomic E-state index is 0.479. The van der Waals surface area contributed by atoms with Gasteiger partial charge < -0.3 is 5.32 Å². The van der Waals surface area contributed by atoms with Gasteiger partial charge in [-0.15, -0.1) is 0 Å². The molecule has 18 heavy (non-hydrogen) atoms. The molecular formula is C17H27N. The van der Waals surface area contributed by atoms with Crippen LogP contribution in [-0.4, -0.2) is 6.54 Å². The van der Waals surface area contributed by atoms with Crippen LogP contribution in [0.2, 0.25) is 0 Å². The van der Waals surface area contributed by atoms with E-state index in [-0.39, 0.29) is 0 Å². The molecule has 1 heteroatoms. The Balaban J connectivity index is 1.69. The monoisotopic (exact) mass is 245 g/mol. The van der Waals surface area contributed by atoms with Gasteiger partial charge in [0.15, 0.2) is 0 Å². The van der Waals surface area contributed by atoms with Gasteiger partial charge in [0.1, 0.15) is 0 Å². The minimum Gasteiger partial charge on any atom is -0.310 e. The second kappa shape index (κ2) is 6.94. The summed E-state index contributed by atoms with van der Waals surface area (Å²) in [5.74, 6) is 1.92. The van der Waals surface area contributed by atoms with Gasteiger partial charge in [-0.25, -0.2) is 0 Å². The molecule has 0 saturated heterocycles. The summed E-state index contributed by atoms with van der Waals surface area (Å²) in [6, 6.07) is 11.2. The molecule has 1 aliphatic rings. The van der Waals surface area contributed by atoms with Crippen molar-refractivity contribution >= 4 is 0 Å². The zero-order valence-electron chi connectivity index (χ0n) is 11.9. The van der Waals surface area contributed by atoms with E-state index < -0.39 is 0 Å². The topological polar surface area (TPSA) is 12.0 Å². The SMILES string of the molecule is CC1CCCC(CCNC(C)c2ccccc2)C1. The van der Waals surface area contributed by atoms with E-state index in [2.05, 4.69) is 49.5 Å². The molecule has 2 rings (SSSR count). The van der Waals surface area contributed by atoms with Crippen LogP contribution >= 0.6 is 0 Å². The first kappa shape index (κ1) is 13.6. The standard InChI is InChI=1S/C17H27N/c1-14-7-6-8-16(13-14)11-12-18-15(2)17-9-4-3-5-10-17/h3-5,9-10,14-16,18H,6-8,11-13H2,1-2H3. The van der Waals surface area contributed by atoms with E-state index in [0.29, 0.717) is 6.04 Å². The van der Waals surface area contributed by atoms with Crippen LogP contribution in [0.1, 0.15) is 57.6 Å². The summed E-state index contributed by atoms with van der Waals surface area (Å²) in [6.07, 6.45) is 7.14. The number of benzene rings is 1. The van der Waals surface area contributed by atoms with Gasteiger partial charge in [0.05, 0.1) is 0 Å². The lowest BCUT2D eigenvalue weighted by Crippen LogP contribution is -2.23. The molecule has 1 nitrogen and oxygen atoms in total. The van der Waals surface area contributed by atoms with Gasteiger partial charge in [-0.1, -0.05) is 56.5 Å². The number of rotatable bonds is 5. The highest BCUT2D eigenvalue weighted by Gasteiger charge is 2.18. The number of hydrogen-bond acceptors (Lipinski definition) is 1. The van der Waals surface area contributed by atoms with Crippen LogP contribution in [0, 0.1) is 11.8 Å². The second-order valence-electron chi connectivity index (χ2n) is 6.01. The van der Waals surface area contributed by atoms with Crippen LogP contribution in [0.25, 0.3) is 0 Å². The van der Waals surface area contributed by atoms with Crippen LogP contribution in [-0.2, 0) is 0 Å². The van der Waals surface area contributed by atoms with E-state index in [4.69, 9.17) is 0 Å². The average molecular weight is 245 g/mol. The van der Waals surface area contributed by atoms with Crippen molar-refractivity contribution in [3.05, 3.63) is 35.9 Å². The Labute approximate surface area is 112 Å². The fraction of sp³-hybridized carbons (Fsp3) is 0.647. The normalized spacial score (nSPS) is 25.9. The van der Waals surface area contributed by atoms with Crippen molar-refractivity contribution in [3.8, 4) is 0 Å². The quantitative estimate of drug-likeness (QED) is 0.802. The predicted molar refractivity (Wildman–Crippen MR) is 78.6 cm³/mol. The lowest BCUT2D eigenvalue weighted by molar-refractivity contribution is 0.265. The van der Waals surface area contributed by atoms with Gasteiger partial charge in [0, 0.05) is 6.04 Å². The third-order valence-corrected chi connectivity index (χ3v) is 4.35. The summed E-state index contributed by atoms with van der Waals surface area (Å²) >= 11 is 0. The van der Waals surface area contributed by atoms with Crippen molar-refractivity contribution in [2.75, 3.05) is 6.54 Å². The highest BCUT2D eigenvalue weighted by Crippen LogP contribution is 2.30. The Morgan fingerprint density at radius 3 is 2.72 bits per heavy atom. The molecule has 1 saturated carbocycles. The highest BCUT2D eigenvalue weighted by molar-refractivity contribution is 5.17. The molecule has 3 unspecified atom stereocenters. The molecule has 100 valence electrons. The van der Waals surface area contributed by atoms with E-state index in [1.54, 1.807) is 0 Å². The predicted octanol–water partition coefficient (Wildman–Crippen LogP) is 4.55. The lowest BCUT2D eigenvalue weighted by atomic mass is 9.81. The largest absolute Gasteiger partial charge is 0.310 e. The molecule has 1 fully saturated rings. The van der Waals surface area contributed by atoms with Gasteiger partial charge in [-0.05, 0) is 43.7 Å². The lowest BCUT2D eigenvalue weighted by Gasteiger charge is -2.27. The molecule has 1 N–H and O–H groups in total. The van der Waals surface area contributed by atoms with Gasteiger partial charge in [-0.2, -0.15) is 0 Å². The maximum atomic E-state index is 3.66. The molecular weight excluding hydrogens is 218 g/mol. The average Bonchev–Trinajstić information content (AvgIpc) is 2.40. The maximum Gasteiger partial charge on any atom is 0.0291 e. The molecule has 0 spiro atoms. The molecule has 0 bridgehead atoms. The van der Waals surface area contributed by atoms with Crippen molar-refractivity contribution in [1.29, 1.82) is 0 Å². The molecule has 0 aliphatic heterocycles. The van der Waals surface area contributed by atoms with Gasteiger partial charge in [0.25, 0.3) is 0 Å². The summed E-state index contributed by atoms with van der Waals surface area (Å²) in [5, 5.41) is 3.66. The maximum absolute atomic E-state index is 3.66. The van der Waals surface area contributed by atoms with E-state index in [1.165, 1.54) is 37.7 Å². The summed E-state index contributed by atoms with van der Waals surface area (Å²) in [5.41, 5.74) is 1.40. The first-order valence-corrected chi connectivity index (χ1v) is 7.54. The zero-order valence-corrected chi connectivity index (χ0v) is 11.9. The molecule has 1 aromatic carbocycles. The smallest absolute Gasteiger partial charge is 0.0291 e. The first-order chi connectivity index (χ1) is 8.75. The van der Waals surface area contributed by atoms with Crippen LogP contribution in [0.15, 0.2) is 30.3 Å². The van der Waals surface area contributed by atoms with Gasteiger partial charge >= 0.3 is 0 Å². The Kier molecular flexibility index (Phi) is 5.25. The number of hydrogen-bond donors (Lipinski definition) is 1. The van der Waals surface area contributed by atoms with Crippen LogP contribution in [0.4, 0.5) is 0 Å². The summed E-state index contributed by atoms with van der Waals surface area (Å²) in [4.78, 5) is 0. The minimum atomic E-state index is 0.479. The van der Waals surface area contributed by atoms with E-state index in [1.807, 2.05) is 0 Å². The van der Waals surface area contributed by atoms with Crippen molar-refractivity contribution < 1.29 is 0 Å². The third kappa shape index (κ3) is 4.13. The highest BCUT2D eigenvalue weighted by atomic mass is 14.9. The second-order valence-corrected chi connectivity index (χ2v) is 6.01. The Morgan fingerprint density at radius 2 is 2.00 bits per heavy atom. The Hall–Kier alpha value is -0.820. The van der Waals surface area contributed by atoms with Crippen molar-refractivity contribution in [3.63, 3.8) is 0 Å². The summed E-state index contributed by atoms with van der Waals surface area (Å²) in [6.45, 7) is 5.83. The molecule has 3 atom stereocenters. The molecule has 0 aromatic heterocycles.